The zero-order valence-electron chi connectivity index (χ0n) is 16.4. The first kappa shape index (κ1) is 19.8. The van der Waals surface area contributed by atoms with E-state index in [4.69, 9.17) is 9.47 Å². The van der Waals surface area contributed by atoms with Crippen LogP contribution in [0.1, 0.15) is 35.6 Å². The average molecular weight is 355 g/mol. The van der Waals surface area contributed by atoms with Gasteiger partial charge in [-0.3, -0.25) is 4.79 Å². The van der Waals surface area contributed by atoms with Gasteiger partial charge < -0.3 is 14.8 Å². The zero-order chi connectivity index (χ0) is 19.1. The maximum Gasteiger partial charge on any atom is 0.261 e. The number of benzene rings is 2. The fraction of sp³-hybridized carbons (Fsp3) is 0.409. The Morgan fingerprint density at radius 2 is 1.77 bits per heavy atom. The standard InChI is InChI=1S/C22H29NO3/c1-6-20(26-19-13-15(2)12-16(3)14-19)22(24)23-10-11-25-21-9-7-8-17(4)18(21)5/h7-9,12-14,20H,6,10-11H2,1-5H3,(H,23,24)/t20-/m1/s1. The maximum atomic E-state index is 12.4. The molecule has 1 atom stereocenters. The SMILES string of the molecule is CC[C@@H](Oc1cc(C)cc(C)c1)C(=O)NCCOc1cccc(C)c1C. The lowest BCUT2D eigenvalue weighted by molar-refractivity contribution is -0.128. The molecule has 0 fully saturated rings. The molecular weight excluding hydrogens is 326 g/mol. The molecule has 0 aliphatic heterocycles. The Labute approximate surface area is 156 Å². The number of amides is 1. The van der Waals surface area contributed by atoms with Crippen LogP contribution in [-0.4, -0.2) is 25.2 Å². The molecule has 26 heavy (non-hydrogen) atoms. The van der Waals surface area contributed by atoms with Crippen LogP contribution >= 0.6 is 0 Å². The van der Waals surface area contributed by atoms with Gasteiger partial charge >= 0.3 is 0 Å². The molecule has 0 radical (unpaired) electrons. The summed E-state index contributed by atoms with van der Waals surface area (Å²) < 4.78 is 11.7. The van der Waals surface area contributed by atoms with E-state index in [0.29, 0.717) is 19.6 Å². The monoisotopic (exact) mass is 355 g/mol. The van der Waals surface area contributed by atoms with E-state index in [-0.39, 0.29) is 5.91 Å². The van der Waals surface area contributed by atoms with Crippen LogP contribution in [0.5, 0.6) is 11.5 Å². The summed E-state index contributed by atoms with van der Waals surface area (Å²) in [5, 5.41) is 2.90. The first-order valence-corrected chi connectivity index (χ1v) is 9.12. The first-order valence-electron chi connectivity index (χ1n) is 9.12. The van der Waals surface area contributed by atoms with E-state index >= 15 is 0 Å². The van der Waals surface area contributed by atoms with E-state index in [0.717, 1.165) is 28.2 Å². The topological polar surface area (TPSA) is 47.6 Å². The molecule has 1 N–H and O–H groups in total. The zero-order valence-corrected chi connectivity index (χ0v) is 16.4. The third kappa shape index (κ3) is 5.51. The van der Waals surface area contributed by atoms with Gasteiger partial charge in [0.05, 0.1) is 6.54 Å². The van der Waals surface area contributed by atoms with Crippen molar-refractivity contribution in [1.82, 2.24) is 5.32 Å². The Balaban J connectivity index is 1.84. The van der Waals surface area contributed by atoms with Crippen molar-refractivity contribution in [2.45, 2.75) is 47.1 Å². The van der Waals surface area contributed by atoms with Crippen molar-refractivity contribution in [2.75, 3.05) is 13.2 Å². The quantitative estimate of drug-likeness (QED) is 0.719. The van der Waals surface area contributed by atoms with E-state index in [2.05, 4.69) is 24.4 Å². The molecule has 0 saturated heterocycles. The van der Waals surface area contributed by atoms with Crippen molar-refractivity contribution in [3.05, 3.63) is 58.7 Å². The minimum absolute atomic E-state index is 0.115. The summed E-state index contributed by atoms with van der Waals surface area (Å²) in [5.74, 6) is 1.48. The average Bonchev–Trinajstić information content (AvgIpc) is 2.59. The minimum atomic E-state index is -0.503. The van der Waals surface area contributed by atoms with Crippen molar-refractivity contribution in [3.63, 3.8) is 0 Å². The molecule has 0 aromatic heterocycles. The Kier molecular flexibility index (Phi) is 7.07. The van der Waals surface area contributed by atoms with E-state index in [1.54, 1.807) is 0 Å². The number of hydrogen-bond acceptors (Lipinski definition) is 3. The van der Waals surface area contributed by atoms with E-state index < -0.39 is 6.10 Å². The lowest BCUT2D eigenvalue weighted by Crippen LogP contribution is -2.39. The Bertz CT molecular complexity index is 735. The normalized spacial score (nSPS) is 11.7. The largest absolute Gasteiger partial charge is 0.491 e. The summed E-state index contributed by atoms with van der Waals surface area (Å²) in [4.78, 5) is 12.4. The highest BCUT2D eigenvalue weighted by Crippen LogP contribution is 2.20. The Hall–Kier alpha value is -2.49. The molecule has 0 aliphatic rings. The predicted octanol–water partition coefficient (Wildman–Crippen LogP) is 4.27. The van der Waals surface area contributed by atoms with Gasteiger partial charge in [-0.15, -0.1) is 0 Å². The van der Waals surface area contributed by atoms with Crippen LogP contribution in [0, 0.1) is 27.7 Å². The van der Waals surface area contributed by atoms with Crippen molar-refractivity contribution in [3.8, 4) is 11.5 Å². The highest BCUT2D eigenvalue weighted by Gasteiger charge is 2.18. The summed E-state index contributed by atoms with van der Waals surface area (Å²) in [6.45, 7) is 10.9. The number of aryl methyl sites for hydroxylation is 3. The van der Waals surface area contributed by atoms with Crippen LogP contribution in [0.3, 0.4) is 0 Å². The highest BCUT2D eigenvalue weighted by atomic mass is 16.5. The van der Waals surface area contributed by atoms with Crippen molar-refractivity contribution in [1.29, 1.82) is 0 Å². The molecule has 2 aromatic rings. The summed E-state index contributed by atoms with van der Waals surface area (Å²) in [7, 11) is 0. The molecule has 0 bridgehead atoms. The maximum absolute atomic E-state index is 12.4. The van der Waals surface area contributed by atoms with Crippen molar-refractivity contribution in [2.24, 2.45) is 0 Å². The molecule has 2 rings (SSSR count). The van der Waals surface area contributed by atoms with Gasteiger partial charge in [0.15, 0.2) is 6.10 Å². The van der Waals surface area contributed by atoms with E-state index in [1.807, 2.05) is 52.0 Å². The minimum Gasteiger partial charge on any atom is -0.491 e. The van der Waals surface area contributed by atoms with Crippen LogP contribution in [0.25, 0.3) is 0 Å². The number of carbonyl (C=O) groups excluding carboxylic acids is 1. The van der Waals surface area contributed by atoms with Gasteiger partial charge in [-0.05, 0) is 74.6 Å². The van der Waals surface area contributed by atoms with E-state index in [1.165, 1.54) is 5.56 Å². The molecule has 4 nitrogen and oxygen atoms in total. The second-order valence-corrected chi connectivity index (χ2v) is 6.68. The fourth-order valence-corrected chi connectivity index (χ4v) is 2.82. The van der Waals surface area contributed by atoms with E-state index in [9.17, 15) is 4.79 Å². The molecule has 0 heterocycles. The number of rotatable bonds is 8. The highest BCUT2D eigenvalue weighted by molar-refractivity contribution is 5.81. The molecule has 2 aromatic carbocycles. The second kappa shape index (κ2) is 9.27. The van der Waals surface area contributed by atoms with Gasteiger partial charge in [0.2, 0.25) is 0 Å². The molecule has 0 spiro atoms. The predicted molar refractivity (Wildman–Crippen MR) is 105 cm³/mol. The van der Waals surface area contributed by atoms with Gasteiger partial charge in [0.25, 0.3) is 5.91 Å². The molecule has 0 unspecified atom stereocenters. The molecule has 1 amide bonds. The smallest absolute Gasteiger partial charge is 0.261 e. The molecule has 0 saturated carbocycles. The second-order valence-electron chi connectivity index (χ2n) is 6.68. The summed E-state index contributed by atoms with van der Waals surface area (Å²) >= 11 is 0. The Morgan fingerprint density at radius 1 is 1.08 bits per heavy atom. The molecular formula is C22H29NO3. The lowest BCUT2D eigenvalue weighted by Gasteiger charge is -2.18. The number of hydrogen-bond donors (Lipinski definition) is 1. The molecule has 0 aliphatic carbocycles. The number of ether oxygens (including phenoxy) is 2. The van der Waals surface area contributed by atoms with Crippen LogP contribution in [0.2, 0.25) is 0 Å². The lowest BCUT2D eigenvalue weighted by atomic mass is 10.1. The third-order valence-corrected chi connectivity index (χ3v) is 4.35. The van der Waals surface area contributed by atoms with Gasteiger partial charge in [0, 0.05) is 0 Å². The van der Waals surface area contributed by atoms with Crippen LogP contribution in [0.4, 0.5) is 0 Å². The van der Waals surface area contributed by atoms with Gasteiger partial charge in [-0.25, -0.2) is 0 Å². The Morgan fingerprint density at radius 3 is 2.42 bits per heavy atom. The fourth-order valence-electron chi connectivity index (χ4n) is 2.82. The summed E-state index contributed by atoms with van der Waals surface area (Å²) in [5.41, 5.74) is 4.57. The van der Waals surface area contributed by atoms with Crippen molar-refractivity contribution >= 4 is 5.91 Å². The van der Waals surface area contributed by atoms with Crippen molar-refractivity contribution < 1.29 is 14.3 Å². The number of carbonyl (C=O) groups is 1. The summed E-state index contributed by atoms with van der Waals surface area (Å²) in [6.07, 6.45) is 0.105. The molecule has 140 valence electrons. The number of nitrogens with one attached hydrogen (secondary N) is 1. The van der Waals surface area contributed by atoms with Crippen LogP contribution < -0.4 is 14.8 Å². The van der Waals surface area contributed by atoms with Crippen LogP contribution in [-0.2, 0) is 4.79 Å². The molecule has 4 heteroatoms. The van der Waals surface area contributed by atoms with Gasteiger partial charge in [0.1, 0.15) is 18.1 Å². The van der Waals surface area contributed by atoms with Gasteiger partial charge in [-0.2, -0.15) is 0 Å². The summed E-state index contributed by atoms with van der Waals surface area (Å²) in [6, 6.07) is 12.0. The first-order chi connectivity index (χ1) is 12.4. The third-order valence-electron chi connectivity index (χ3n) is 4.35. The van der Waals surface area contributed by atoms with Crippen LogP contribution in [0.15, 0.2) is 36.4 Å². The van der Waals surface area contributed by atoms with Gasteiger partial charge in [-0.1, -0.05) is 25.1 Å².